The average molecular weight is 444 g/mol. The number of rotatable bonds is 2. The highest BCUT2D eigenvalue weighted by Crippen LogP contribution is 2.45. The molecule has 0 aliphatic carbocycles. The number of aromatic nitrogens is 3. The zero-order valence-electron chi connectivity index (χ0n) is 17.6. The van der Waals surface area contributed by atoms with E-state index in [1.807, 2.05) is 30.3 Å². The number of pyridine rings is 1. The average Bonchev–Trinajstić information content (AvgIpc) is 3.25. The van der Waals surface area contributed by atoms with E-state index in [-0.39, 0.29) is 23.0 Å². The minimum atomic E-state index is -2.85. The van der Waals surface area contributed by atoms with Crippen LogP contribution in [0.4, 0.5) is 0 Å². The third-order valence-electron chi connectivity index (χ3n) is 6.48. The number of amides is 1. The van der Waals surface area contributed by atoms with E-state index in [0.29, 0.717) is 0 Å². The SMILES string of the molecule is Cc1cccc2c1C1CC(NC2=O)c2nc3ccc(-c4ccc(S(C)(=N)=O)nc4)cc3n21. The lowest BCUT2D eigenvalue weighted by atomic mass is 9.94. The standard InChI is InChI=1S/C24H21N5O2S/c1-13-4-3-5-16-22(13)20-11-18(28-24(16)30)23-27-17-8-6-14(10-19(17)29(20)23)15-7-9-21(26-12-15)32(2,25)31/h3-10,12,18,20,25H,11H2,1-2H3,(H,28,30). The van der Waals surface area contributed by atoms with Gasteiger partial charge in [0.05, 0.1) is 32.8 Å². The first-order valence-electron chi connectivity index (χ1n) is 10.4. The molecule has 0 spiro atoms. The highest BCUT2D eigenvalue weighted by atomic mass is 32.2. The Labute approximate surface area is 185 Å². The summed E-state index contributed by atoms with van der Waals surface area (Å²) in [5.74, 6) is 0.848. The van der Waals surface area contributed by atoms with E-state index in [0.717, 1.165) is 51.1 Å². The monoisotopic (exact) mass is 443 g/mol. The van der Waals surface area contributed by atoms with E-state index in [2.05, 4.69) is 33.9 Å². The van der Waals surface area contributed by atoms with Gasteiger partial charge in [-0.3, -0.25) is 4.79 Å². The van der Waals surface area contributed by atoms with Gasteiger partial charge in [0, 0.05) is 23.6 Å². The molecule has 2 aromatic carbocycles. The van der Waals surface area contributed by atoms with Crippen molar-refractivity contribution >= 4 is 26.7 Å². The van der Waals surface area contributed by atoms with E-state index >= 15 is 0 Å². The summed E-state index contributed by atoms with van der Waals surface area (Å²) in [4.78, 5) is 21.9. The maximum Gasteiger partial charge on any atom is 0.252 e. The number of imidazole rings is 1. The second-order valence-electron chi connectivity index (χ2n) is 8.59. The summed E-state index contributed by atoms with van der Waals surface area (Å²) in [5.41, 5.74) is 6.66. The Morgan fingerprint density at radius 1 is 1.16 bits per heavy atom. The van der Waals surface area contributed by atoms with Crippen LogP contribution in [0.25, 0.3) is 22.2 Å². The van der Waals surface area contributed by atoms with Crippen LogP contribution in [0.2, 0.25) is 0 Å². The molecule has 1 amide bonds. The van der Waals surface area contributed by atoms with Gasteiger partial charge in [-0.25, -0.2) is 19.0 Å². The van der Waals surface area contributed by atoms with Gasteiger partial charge >= 0.3 is 0 Å². The third kappa shape index (κ3) is 2.72. The van der Waals surface area contributed by atoms with Crippen molar-refractivity contribution < 1.29 is 9.00 Å². The molecular formula is C24H21N5O2S. The Hall–Kier alpha value is -3.52. The van der Waals surface area contributed by atoms with Crippen molar-refractivity contribution in [2.24, 2.45) is 0 Å². The van der Waals surface area contributed by atoms with Crippen LogP contribution in [0, 0.1) is 11.7 Å². The Morgan fingerprint density at radius 2 is 1.97 bits per heavy atom. The van der Waals surface area contributed by atoms with Crippen LogP contribution in [-0.4, -0.2) is 30.9 Å². The lowest BCUT2D eigenvalue weighted by molar-refractivity contribution is 0.0938. The van der Waals surface area contributed by atoms with Crippen molar-refractivity contribution in [3.8, 4) is 11.1 Å². The maximum atomic E-state index is 12.8. The molecule has 0 fully saturated rings. The van der Waals surface area contributed by atoms with Crippen LogP contribution in [0.3, 0.4) is 0 Å². The van der Waals surface area contributed by atoms with Crippen molar-refractivity contribution in [3.63, 3.8) is 0 Å². The minimum Gasteiger partial charge on any atom is -0.342 e. The molecule has 2 aliphatic rings. The van der Waals surface area contributed by atoms with Crippen LogP contribution in [0.15, 0.2) is 59.8 Å². The van der Waals surface area contributed by atoms with Gasteiger partial charge < -0.3 is 9.88 Å². The molecule has 2 aromatic heterocycles. The van der Waals surface area contributed by atoms with E-state index in [4.69, 9.17) is 9.76 Å². The molecule has 2 N–H and O–H groups in total. The van der Waals surface area contributed by atoms with Crippen molar-refractivity contribution in [3.05, 3.63) is 77.2 Å². The number of nitrogens with one attached hydrogen (secondary N) is 2. The number of carbonyl (C=O) groups is 1. The smallest absolute Gasteiger partial charge is 0.252 e. The molecule has 0 radical (unpaired) electrons. The molecule has 2 bridgehead atoms. The van der Waals surface area contributed by atoms with Crippen LogP contribution < -0.4 is 5.32 Å². The van der Waals surface area contributed by atoms with E-state index < -0.39 is 9.73 Å². The van der Waals surface area contributed by atoms with Crippen LogP contribution in [-0.2, 0) is 9.73 Å². The quantitative estimate of drug-likeness (QED) is 0.484. The fourth-order valence-corrected chi connectivity index (χ4v) is 5.59. The van der Waals surface area contributed by atoms with Crippen LogP contribution in [0.1, 0.15) is 45.8 Å². The van der Waals surface area contributed by atoms with Crippen molar-refractivity contribution in [2.45, 2.75) is 30.5 Å². The van der Waals surface area contributed by atoms with Crippen LogP contribution >= 0.6 is 0 Å². The van der Waals surface area contributed by atoms with Crippen molar-refractivity contribution in [2.75, 3.05) is 6.26 Å². The summed E-state index contributed by atoms with van der Waals surface area (Å²) in [6.07, 6.45) is 3.82. The van der Waals surface area contributed by atoms with Crippen LogP contribution in [0.5, 0.6) is 0 Å². The molecule has 4 aromatic rings. The molecule has 7 nitrogen and oxygen atoms in total. The Morgan fingerprint density at radius 3 is 2.72 bits per heavy atom. The largest absolute Gasteiger partial charge is 0.342 e. The number of fused-ring (bicyclic) bond motifs is 9. The van der Waals surface area contributed by atoms with Crippen molar-refractivity contribution in [1.29, 1.82) is 4.78 Å². The molecule has 6 rings (SSSR count). The lowest BCUT2D eigenvalue weighted by Gasteiger charge is -2.20. The Bertz CT molecular complexity index is 1540. The van der Waals surface area contributed by atoms with Gasteiger partial charge in [0.15, 0.2) is 0 Å². The number of hydrogen-bond donors (Lipinski definition) is 2. The number of hydrogen-bond acceptors (Lipinski definition) is 5. The first kappa shape index (κ1) is 19.2. The summed E-state index contributed by atoms with van der Waals surface area (Å²) < 4.78 is 21.9. The molecule has 0 saturated heterocycles. The highest BCUT2D eigenvalue weighted by Gasteiger charge is 2.41. The maximum absolute atomic E-state index is 12.8. The fourth-order valence-electron chi connectivity index (χ4n) is 5.01. The number of nitrogens with zero attached hydrogens (tertiary/aromatic N) is 3. The Balaban J connectivity index is 1.52. The highest BCUT2D eigenvalue weighted by molar-refractivity contribution is 7.91. The molecule has 0 saturated carbocycles. The minimum absolute atomic E-state index is 0.0387. The molecule has 4 heterocycles. The predicted molar refractivity (Wildman–Crippen MR) is 122 cm³/mol. The summed E-state index contributed by atoms with van der Waals surface area (Å²) >= 11 is 0. The number of benzene rings is 2. The van der Waals surface area contributed by atoms with E-state index in [1.54, 1.807) is 12.3 Å². The first-order valence-corrected chi connectivity index (χ1v) is 12.4. The molecule has 2 aliphatic heterocycles. The molecule has 3 atom stereocenters. The number of carbonyl (C=O) groups excluding carboxylic acids is 1. The summed E-state index contributed by atoms with van der Waals surface area (Å²) in [7, 11) is -2.85. The first-order chi connectivity index (χ1) is 15.3. The molecule has 3 unspecified atom stereocenters. The van der Waals surface area contributed by atoms with Gasteiger partial charge in [-0.2, -0.15) is 0 Å². The number of aryl methyl sites for hydroxylation is 1. The summed E-state index contributed by atoms with van der Waals surface area (Å²) in [6, 6.07) is 15.4. The topological polar surface area (TPSA) is 101 Å². The van der Waals surface area contributed by atoms with Gasteiger partial charge in [-0.05, 0) is 54.3 Å². The van der Waals surface area contributed by atoms with Gasteiger partial charge in [-0.1, -0.05) is 24.3 Å². The molecule has 160 valence electrons. The zero-order valence-corrected chi connectivity index (χ0v) is 18.4. The Kier molecular flexibility index (Phi) is 3.89. The predicted octanol–water partition coefficient (Wildman–Crippen LogP) is 4.22. The fraction of sp³-hybridized carbons (Fsp3) is 0.208. The third-order valence-corrected chi connectivity index (χ3v) is 7.51. The van der Waals surface area contributed by atoms with Crippen molar-refractivity contribution in [1.82, 2.24) is 19.9 Å². The molecule has 32 heavy (non-hydrogen) atoms. The van der Waals surface area contributed by atoms with E-state index in [1.165, 1.54) is 6.26 Å². The van der Waals surface area contributed by atoms with E-state index in [9.17, 15) is 9.00 Å². The second kappa shape index (κ2) is 6.49. The lowest BCUT2D eigenvalue weighted by Crippen LogP contribution is -2.28. The van der Waals surface area contributed by atoms with Gasteiger partial charge in [0.25, 0.3) is 5.91 Å². The van der Waals surface area contributed by atoms with Gasteiger partial charge in [0.2, 0.25) is 0 Å². The second-order valence-corrected chi connectivity index (χ2v) is 10.7. The summed E-state index contributed by atoms with van der Waals surface area (Å²) in [5, 5.41) is 3.44. The molecule has 8 heteroatoms. The van der Waals surface area contributed by atoms with Gasteiger partial charge in [0.1, 0.15) is 10.9 Å². The zero-order chi connectivity index (χ0) is 22.2. The normalized spacial score (nSPS) is 20.9. The molecular weight excluding hydrogens is 422 g/mol. The van der Waals surface area contributed by atoms with Gasteiger partial charge in [-0.15, -0.1) is 0 Å². The summed E-state index contributed by atoms with van der Waals surface area (Å²) in [6.45, 7) is 2.06.